The third-order valence-corrected chi connectivity index (χ3v) is 1.29. The van der Waals surface area contributed by atoms with Gasteiger partial charge in [0, 0.05) is 24.2 Å². The lowest BCUT2D eigenvalue weighted by atomic mass is 10.3. The van der Waals surface area contributed by atoms with Crippen LogP contribution in [0.4, 0.5) is 0 Å². The van der Waals surface area contributed by atoms with Crippen molar-refractivity contribution in [1.29, 1.82) is 0 Å². The number of hydrogen-bond acceptors (Lipinski definition) is 3. The van der Waals surface area contributed by atoms with Gasteiger partial charge in [0.1, 0.15) is 0 Å². The van der Waals surface area contributed by atoms with Crippen molar-refractivity contribution < 1.29 is 4.79 Å². The zero-order valence-electron chi connectivity index (χ0n) is 6.97. The Balaban J connectivity index is 2.59. The van der Waals surface area contributed by atoms with Crippen molar-refractivity contribution in [2.24, 2.45) is 5.10 Å². The molecular weight excluding hydrogens is 166 g/mol. The molecule has 0 bridgehead atoms. The second-order valence-electron chi connectivity index (χ2n) is 2.19. The van der Waals surface area contributed by atoms with Gasteiger partial charge >= 0.3 is 0 Å². The molecule has 0 aliphatic rings. The Morgan fingerprint density at radius 2 is 2.23 bits per heavy atom. The van der Waals surface area contributed by atoms with Gasteiger partial charge in [0.25, 0.3) is 5.91 Å². The van der Waals surface area contributed by atoms with Crippen LogP contribution in [-0.2, 0) is 0 Å². The summed E-state index contributed by atoms with van der Waals surface area (Å²) in [7, 11) is 0. The lowest BCUT2D eigenvalue weighted by Crippen LogP contribution is -2.17. The number of hydrogen-bond donors (Lipinski definition) is 1. The van der Waals surface area contributed by atoms with E-state index < -0.39 is 0 Å². The average Bonchev–Trinajstić information content (AvgIpc) is 2.19. The molecule has 0 radical (unpaired) electrons. The molecule has 1 rings (SSSR count). The Morgan fingerprint density at radius 3 is 2.85 bits per heavy atom. The van der Waals surface area contributed by atoms with Crippen LogP contribution >= 0.6 is 0 Å². The van der Waals surface area contributed by atoms with Gasteiger partial charge in [0.2, 0.25) is 0 Å². The number of nitrogens with one attached hydrogen (secondary N) is 1. The summed E-state index contributed by atoms with van der Waals surface area (Å²) in [5.41, 5.74) is 2.86. The van der Waals surface area contributed by atoms with E-state index in [1.165, 1.54) is 12.3 Å². The number of hydrazone groups is 1. The molecule has 1 amide bonds. The van der Waals surface area contributed by atoms with E-state index in [0.29, 0.717) is 5.56 Å². The third kappa shape index (κ3) is 2.86. The zero-order chi connectivity index (χ0) is 9.52. The number of rotatable bonds is 3. The minimum absolute atomic E-state index is 0.263. The van der Waals surface area contributed by atoms with Gasteiger partial charge in [-0.1, -0.05) is 6.58 Å². The minimum atomic E-state index is -0.263. The summed E-state index contributed by atoms with van der Waals surface area (Å²) in [5, 5.41) is 3.60. The van der Waals surface area contributed by atoms with Crippen LogP contribution in [0.3, 0.4) is 0 Å². The smallest absolute Gasteiger partial charge is 0.267 e. The number of carbonyl (C=O) groups is 1. The standard InChI is InChI=1S/C9H9N3O/c1-2-5-11-12-9(13)8-3-6-10-7-4-8/h2-7H,1H2,(H,12,13). The van der Waals surface area contributed by atoms with E-state index in [0.717, 1.165) is 0 Å². The molecule has 0 saturated heterocycles. The van der Waals surface area contributed by atoms with Crippen molar-refractivity contribution in [2.45, 2.75) is 0 Å². The molecule has 13 heavy (non-hydrogen) atoms. The fourth-order valence-electron chi connectivity index (χ4n) is 0.716. The number of nitrogens with zero attached hydrogens (tertiary/aromatic N) is 2. The summed E-state index contributed by atoms with van der Waals surface area (Å²) >= 11 is 0. The van der Waals surface area contributed by atoms with E-state index in [1.807, 2.05) is 0 Å². The molecule has 1 aromatic heterocycles. The Morgan fingerprint density at radius 1 is 1.54 bits per heavy atom. The monoisotopic (exact) mass is 175 g/mol. The van der Waals surface area contributed by atoms with Crippen LogP contribution in [0.15, 0.2) is 42.3 Å². The van der Waals surface area contributed by atoms with Crippen LogP contribution in [-0.4, -0.2) is 17.1 Å². The van der Waals surface area contributed by atoms with Gasteiger partial charge in [0.05, 0.1) is 0 Å². The van der Waals surface area contributed by atoms with Gasteiger partial charge in [-0.3, -0.25) is 9.78 Å². The molecule has 0 spiro atoms. The SMILES string of the molecule is C=CC=NNC(=O)c1ccncc1. The van der Waals surface area contributed by atoms with Gasteiger partial charge in [-0.25, -0.2) is 5.43 Å². The van der Waals surface area contributed by atoms with Crippen molar-refractivity contribution in [3.63, 3.8) is 0 Å². The van der Waals surface area contributed by atoms with Gasteiger partial charge in [-0.15, -0.1) is 0 Å². The van der Waals surface area contributed by atoms with Crippen LogP contribution in [0.1, 0.15) is 10.4 Å². The number of allylic oxidation sites excluding steroid dienone is 1. The molecule has 1 aromatic rings. The predicted octanol–water partition coefficient (Wildman–Crippen LogP) is 0.983. The van der Waals surface area contributed by atoms with E-state index in [9.17, 15) is 4.79 Å². The summed E-state index contributed by atoms with van der Waals surface area (Å²) in [6, 6.07) is 3.22. The molecule has 4 heteroatoms. The first-order valence-electron chi connectivity index (χ1n) is 3.69. The third-order valence-electron chi connectivity index (χ3n) is 1.29. The van der Waals surface area contributed by atoms with Crippen LogP contribution in [0.5, 0.6) is 0 Å². The molecule has 0 fully saturated rings. The van der Waals surface area contributed by atoms with E-state index in [1.54, 1.807) is 24.5 Å². The quantitative estimate of drug-likeness (QED) is 0.550. The Kier molecular flexibility index (Phi) is 3.38. The van der Waals surface area contributed by atoms with E-state index in [-0.39, 0.29) is 5.91 Å². The number of pyridine rings is 1. The van der Waals surface area contributed by atoms with Gasteiger partial charge in [-0.05, 0) is 18.2 Å². The van der Waals surface area contributed by atoms with Crippen LogP contribution in [0.2, 0.25) is 0 Å². The maximum Gasteiger partial charge on any atom is 0.271 e. The highest BCUT2D eigenvalue weighted by molar-refractivity contribution is 5.94. The van der Waals surface area contributed by atoms with Crippen LogP contribution in [0, 0.1) is 0 Å². The van der Waals surface area contributed by atoms with Gasteiger partial charge in [0.15, 0.2) is 0 Å². The van der Waals surface area contributed by atoms with Crippen LogP contribution < -0.4 is 5.43 Å². The molecule has 0 aliphatic carbocycles. The predicted molar refractivity (Wildman–Crippen MR) is 50.4 cm³/mol. The molecule has 1 heterocycles. The maximum atomic E-state index is 11.2. The van der Waals surface area contributed by atoms with Gasteiger partial charge < -0.3 is 0 Å². The molecule has 66 valence electrons. The Bertz CT molecular complexity index is 319. The molecule has 0 saturated carbocycles. The zero-order valence-corrected chi connectivity index (χ0v) is 6.97. The summed E-state index contributed by atoms with van der Waals surface area (Å²) in [6.45, 7) is 3.42. The highest BCUT2D eigenvalue weighted by Crippen LogP contribution is 1.94. The van der Waals surface area contributed by atoms with E-state index in [2.05, 4.69) is 22.1 Å². The van der Waals surface area contributed by atoms with Crippen molar-refractivity contribution >= 4 is 12.1 Å². The lowest BCUT2D eigenvalue weighted by Gasteiger charge is -1.96. The molecule has 0 aromatic carbocycles. The summed E-state index contributed by atoms with van der Waals surface area (Å²) in [4.78, 5) is 15.0. The fraction of sp³-hybridized carbons (Fsp3) is 0. The van der Waals surface area contributed by atoms with Gasteiger partial charge in [-0.2, -0.15) is 5.10 Å². The van der Waals surface area contributed by atoms with Crippen molar-refractivity contribution in [2.75, 3.05) is 0 Å². The topological polar surface area (TPSA) is 54.4 Å². The average molecular weight is 175 g/mol. The summed E-state index contributed by atoms with van der Waals surface area (Å²) in [5.74, 6) is -0.263. The second-order valence-corrected chi connectivity index (χ2v) is 2.19. The number of amides is 1. The van der Waals surface area contributed by atoms with Crippen LogP contribution in [0.25, 0.3) is 0 Å². The Hall–Kier alpha value is -1.97. The minimum Gasteiger partial charge on any atom is -0.267 e. The van der Waals surface area contributed by atoms with Crippen molar-refractivity contribution in [3.05, 3.63) is 42.7 Å². The summed E-state index contributed by atoms with van der Waals surface area (Å²) in [6.07, 6.45) is 5.98. The molecule has 0 atom stereocenters. The largest absolute Gasteiger partial charge is 0.271 e. The first-order chi connectivity index (χ1) is 6.34. The highest BCUT2D eigenvalue weighted by atomic mass is 16.2. The normalized spacial score (nSPS) is 9.85. The molecule has 1 N–H and O–H groups in total. The molecule has 4 nitrogen and oxygen atoms in total. The fourth-order valence-corrected chi connectivity index (χ4v) is 0.716. The lowest BCUT2D eigenvalue weighted by molar-refractivity contribution is 0.0955. The number of carbonyl (C=O) groups excluding carboxylic acids is 1. The molecule has 0 unspecified atom stereocenters. The van der Waals surface area contributed by atoms with Crippen molar-refractivity contribution in [3.8, 4) is 0 Å². The van der Waals surface area contributed by atoms with E-state index in [4.69, 9.17) is 0 Å². The first-order valence-corrected chi connectivity index (χ1v) is 3.69. The summed E-state index contributed by atoms with van der Waals surface area (Å²) < 4.78 is 0. The molecule has 0 aliphatic heterocycles. The first kappa shape index (κ1) is 9.12. The highest BCUT2D eigenvalue weighted by Gasteiger charge is 2.00. The molecular formula is C9H9N3O. The van der Waals surface area contributed by atoms with Crippen molar-refractivity contribution in [1.82, 2.24) is 10.4 Å². The Labute approximate surface area is 76.0 Å². The maximum absolute atomic E-state index is 11.2. The van der Waals surface area contributed by atoms with E-state index >= 15 is 0 Å². The number of aromatic nitrogens is 1. The second kappa shape index (κ2) is 4.82.